The molecule has 2 bridgehead atoms. The van der Waals surface area contributed by atoms with E-state index in [9.17, 15) is 9.59 Å². The van der Waals surface area contributed by atoms with Crippen LogP contribution in [0.5, 0.6) is 0 Å². The van der Waals surface area contributed by atoms with Gasteiger partial charge in [0.05, 0.1) is 17.1 Å². The number of carbonyl (C=O) groups excluding carboxylic acids is 2. The highest BCUT2D eigenvalue weighted by atomic mass is 32.1. The van der Waals surface area contributed by atoms with Gasteiger partial charge in [0.15, 0.2) is 0 Å². The molecule has 2 aromatic rings. The number of nitrogens with one attached hydrogen (secondary N) is 1. The minimum Gasteiger partial charge on any atom is -0.341 e. The van der Waals surface area contributed by atoms with Gasteiger partial charge in [-0.05, 0) is 25.0 Å². The van der Waals surface area contributed by atoms with E-state index in [1.165, 1.54) is 0 Å². The zero-order valence-corrected chi connectivity index (χ0v) is 14.8. The molecule has 130 valence electrons. The lowest BCUT2D eigenvalue weighted by Crippen LogP contribution is -2.45. The largest absolute Gasteiger partial charge is 0.341 e. The van der Waals surface area contributed by atoms with Crippen LogP contribution in [-0.2, 0) is 4.79 Å². The Morgan fingerprint density at radius 3 is 2.76 bits per heavy atom. The maximum Gasteiger partial charge on any atom is 0.321 e. The number of likely N-dealkylation sites (N-methyl/N-ethyl adjacent to an activating group) is 1. The number of carbonyl (C=O) groups is 2. The number of aromatic nitrogens is 1. The number of thiazole rings is 1. The molecule has 4 heterocycles. The van der Waals surface area contributed by atoms with Crippen LogP contribution in [0.2, 0.25) is 0 Å². The molecule has 3 aliphatic rings. The first-order valence-corrected chi connectivity index (χ1v) is 9.37. The van der Waals surface area contributed by atoms with Crippen molar-refractivity contribution in [3.63, 3.8) is 0 Å². The number of hydrogen-bond acceptors (Lipinski definition) is 4. The van der Waals surface area contributed by atoms with Gasteiger partial charge in [-0.1, -0.05) is 12.1 Å². The molecule has 3 amide bonds. The second-order valence-electron chi connectivity index (χ2n) is 6.66. The van der Waals surface area contributed by atoms with Gasteiger partial charge >= 0.3 is 6.03 Å². The third kappa shape index (κ3) is 3.11. The highest BCUT2D eigenvalue weighted by Gasteiger charge is 2.40. The fourth-order valence-electron chi connectivity index (χ4n) is 3.60. The fourth-order valence-corrected chi connectivity index (χ4v) is 4.17. The van der Waals surface area contributed by atoms with Gasteiger partial charge in [-0.3, -0.25) is 4.79 Å². The maximum atomic E-state index is 12.6. The summed E-state index contributed by atoms with van der Waals surface area (Å²) in [6.45, 7) is 1.10. The van der Waals surface area contributed by atoms with E-state index in [4.69, 9.17) is 0 Å². The van der Waals surface area contributed by atoms with Crippen LogP contribution in [0.15, 0.2) is 35.2 Å². The van der Waals surface area contributed by atoms with Crippen molar-refractivity contribution in [1.82, 2.24) is 14.8 Å². The van der Waals surface area contributed by atoms with Crippen LogP contribution in [0.1, 0.15) is 12.8 Å². The second-order valence-corrected chi connectivity index (χ2v) is 7.38. The highest BCUT2D eigenvalue weighted by Crippen LogP contribution is 2.28. The van der Waals surface area contributed by atoms with Gasteiger partial charge in [-0.25, -0.2) is 9.78 Å². The topological polar surface area (TPSA) is 65.5 Å². The average Bonchev–Trinajstić information content (AvgIpc) is 3.02. The molecule has 0 spiro atoms. The van der Waals surface area contributed by atoms with E-state index in [-0.39, 0.29) is 23.9 Å². The lowest BCUT2D eigenvalue weighted by atomic mass is 9.95. The summed E-state index contributed by atoms with van der Waals surface area (Å²) in [7, 11) is 1.85. The Hall–Kier alpha value is -2.41. The summed E-state index contributed by atoms with van der Waals surface area (Å²) >= 11 is 1.56. The zero-order valence-electron chi connectivity index (χ0n) is 14.0. The van der Waals surface area contributed by atoms with Crippen LogP contribution in [0, 0.1) is 5.92 Å². The number of hydrogen-bond donors (Lipinski definition) is 1. The van der Waals surface area contributed by atoms with Crippen molar-refractivity contribution in [1.29, 1.82) is 0 Å². The molecule has 6 nitrogen and oxygen atoms in total. The Kier molecular flexibility index (Phi) is 4.17. The molecule has 25 heavy (non-hydrogen) atoms. The summed E-state index contributed by atoms with van der Waals surface area (Å²) in [6.07, 6.45) is 1.85. The van der Waals surface area contributed by atoms with Crippen molar-refractivity contribution < 1.29 is 9.59 Å². The lowest BCUT2D eigenvalue weighted by molar-refractivity contribution is -0.138. The van der Waals surface area contributed by atoms with Gasteiger partial charge < -0.3 is 15.1 Å². The monoisotopic (exact) mass is 356 g/mol. The van der Waals surface area contributed by atoms with Gasteiger partial charge in [0, 0.05) is 42.8 Å². The molecule has 0 aliphatic carbocycles. The molecule has 0 unspecified atom stereocenters. The van der Waals surface area contributed by atoms with Gasteiger partial charge in [-0.15, -0.1) is 11.3 Å². The quantitative estimate of drug-likeness (QED) is 0.900. The van der Waals surface area contributed by atoms with Gasteiger partial charge in [0.2, 0.25) is 5.91 Å². The van der Waals surface area contributed by atoms with Crippen LogP contribution in [0.25, 0.3) is 11.3 Å². The van der Waals surface area contributed by atoms with Crippen LogP contribution in [-0.4, -0.2) is 52.9 Å². The fraction of sp³-hybridized carbons (Fsp3) is 0.389. The van der Waals surface area contributed by atoms with Crippen LogP contribution in [0.3, 0.4) is 0 Å². The number of fused-ring (bicyclic) bond motifs is 4. The Bertz CT molecular complexity index is 775. The summed E-state index contributed by atoms with van der Waals surface area (Å²) in [6, 6.07) is 7.67. The number of anilines is 1. The van der Waals surface area contributed by atoms with E-state index < -0.39 is 0 Å². The molecule has 5 rings (SSSR count). The predicted molar refractivity (Wildman–Crippen MR) is 97.4 cm³/mol. The summed E-state index contributed by atoms with van der Waals surface area (Å²) in [5.41, 5.74) is 4.52. The molecular formula is C18H20N4O2S. The summed E-state index contributed by atoms with van der Waals surface area (Å²) < 4.78 is 0. The molecule has 0 radical (unpaired) electrons. The highest BCUT2D eigenvalue weighted by molar-refractivity contribution is 7.07. The Labute approximate surface area is 150 Å². The van der Waals surface area contributed by atoms with Gasteiger partial charge in [-0.2, -0.15) is 0 Å². The number of urea groups is 1. The Balaban J connectivity index is 1.44. The minimum atomic E-state index is -0.138. The first-order valence-electron chi connectivity index (χ1n) is 8.43. The van der Waals surface area contributed by atoms with Crippen molar-refractivity contribution in [2.75, 3.05) is 25.5 Å². The Morgan fingerprint density at radius 1 is 1.24 bits per heavy atom. The zero-order chi connectivity index (χ0) is 17.4. The number of nitrogens with zero attached hydrogens (tertiary/aromatic N) is 3. The summed E-state index contributed by atoms with van der Waals surface area (Å²) in [5, 5.41) is 4.94. The summed E-state index contributed by atoms with van der Waals surface area (Å²) in [4.78, 5) is 32.8. The van der Waals surface area contributed by atoms with E-state index in [2.05, 4.69) is 10.3 Å². The summed E-state index contributed by atoms with van der Waals surface area (Å²) in [5.74, 6) is 0.0979. The van der Waals surface area contributed by atoms with Crippen molar-refractivity contribution in [3.05, 3.63) is 35.2 Å². The van der Waals surface area contributed by atoms with Crippen molar-refractivity contribution in [2.45, 2.75) is 18.9 Å². The van der Waals surface area contributed by atoms with Gasteiger partial charge in [0.25, 0.3) is 0 Å². The number of piperidine rings is 1. The van der Waals surface area contributed by atoms with Crippen LogP contribution < -0.4 is 5.32 Å². The molecule has 1 N–H and O–H groups in total. The standard InChI is InChI=1S/C18H20N4O2S/c1-21-15-7-4-13(17(21)23)8-22(9-15)18(24)20-14-5-2-12(3-6-14)16-10-25-11-19-16/h2-3,5-6,10-11,13,15H,4,7-9H2,1H3,(H,20,24)/t13-,15+/m1/s1. The number of amides is 3. The molecule has 3 saturated heterocycles. The number of rotatable bonds is 2. The van der Waals surface area contributed by atoms with Crippen molar-refractivity contribution >= 4 is 29.0 Å². The van der Waals surface area contributed by atoms with Crippen molar-refractivity contribution in [2.24, 2.45) is 5.92 Å². The molecule has 3 aliphatic heterocycles. The van der Waals surface area contributed by atoms with E-state index in [1.807, 2.05) is 41.6 Å². The van der Waals surface area contributed by atoms with E-state index in [1.54, 1.807) is 21.7 Å². The smallest absolute Gasteiger partial charge is 0.321 e. The molecular weight excluding hydrogens is 336 g/mol. The first-order chi connectivity index (χ1) is 12.1. The molecule has 1 aromatic carbocycles. The molecule has 0 saturated carbocycles. The third-order valence-corrected chi connectivity index (χ3v) is 5.70. The maximum absolute atomic E-state index is 12.6. The predicted octanol–water partition coefficient (Wildman–Crippen LogP) is 2.89. The second kappa shape index (κ2) is 6.48. The average molecular weight is 356 g/mol. The minimum absolute atomic E-state index is 0.0680. The Morgan fingerprint density at radius 2 is 2.04 bits per heavy atom. The SMILES string of the molecule is CN1C(=O)[C@@H]2CC[C@H]1CN(C(=O)Nc1ccc(-c3cscn3)cc1)C2. The van der Waals surface area contributed by atoms with E-state index in [0.29, 0.717) is 13.1 Å². The molecule has 2 atom stereocenters. The molecule has 3 fully saturated rings. The number of benzene rings is 1. The van der Waals surface area contributed by atoms with Crippen molar-refractivity contribution in [3.8, 4) is 11.3 Å². The third-order valence-electron chi connectivity index (χ3n) is 5.12. The first kappa shape index (κ1) is 16.1. The lowest BCUT2D eigenvalue weighted by Gasteiger charge is -2.32. The molecule has 1 aromatic heterocycles. The molecule has 7 heteroatoms. The van der Waals surface area contributed by atoms with Crippen LogP contribution >= 0.6 is 11.3 Å². The van der Waals surface area contributed by atoms with E-state index >= 15 is 0 Å². The van der Waals surface area contributed by atoms with Crippen LogP contribution in [0.4, 0.5) is 10.5 Å². The van der Waals surface area contributed by atoms with Gasteiger partial charge in [0.1, 0.15) is 0 Å². The van der Waals surface area contributed by atoms with E-state index in [0.717, 1.165) is 29.8 Å². The normalized spacial score (nSPS) is 22.8.